The van der Waals surface area contributed by atoms with E-state index in [2.05, 4.69) is 11.8 Å². The summed E-state index contributed by atoms with van der Waals surface area (Å²) in [5.41, 5.74) is 1.08. The Morgan fingerprint density at radius 3 is 2.21 bits per heavy atom. The predicted octanol–water partition coefficient (Wildman–Crippen LogP) is 1.12. The van der Waals surface area contributed by atoms with Gasteiger partial charge in [0.15, 0.2) is 0 Å². The molecular weight excluding hydrogens is 176 g/mol. The van der Waals surface area contributed by atoms with Crippen LogP contribution in [0.25, 0.3) is 0 Å². The first kappa shape index (κ1) is 11.2. The Hall–Kier alpha value is -0.830. The predicted molar refractivity (Wildman–Crippen MR) is 58.1 cm³/mol. The smallest absolute Gasteiger partial charge is 0.246 e. The van der Waals surface area contributed by atoms with Crippen LogP contribution in [0.1, 0.15) is 20.8 Å². The van der Waals surface area contributed by atoms with Crippen LogP contribution in [0.15, 0.2) is 11.6 Å². The van der Waals surface area contributed by atoms with E-state index in [4.69, 9.17) is 0 Å². The second-order valence-electron chi connectivity index (χ2n) is 3.98. The minimum absolute atomic E-state index is 0.167. The van der Waals surface area contributed by atoms with Crippen LogP contribution in [-0.4, -0.2) is 48.4 Å². The molecule has 1 saturated heterocycles. The summed E-state index contributed by atoms with van der Waals surface area (Å²) >= 11 is 0. The minimum atomic E-state index is 0.167. The highest BCUT2D eigenvalue weighted by atomic mass is 16.2. The molecule has 80 valence electrons. The molecule has 1 fully saturated rings. The Morgan fingerprint density at radius 2 is 1.79 bits per heavy atom. The second kappa shape index (κ2) is 5.15. The van der Waals surface area contributed by atoms with Gasteiger partial charge in [-0.2, -0.15) is 0 Å². The number of hydrogen-bond acceptors (Lipinski definition) is 2. The number of hydrogen-bond donors (Lipinski definition) is 0. The van der Waals surface area contributed by atoms with Crippen molar-refractivity contribution in [1.82, 2.24) is 9.80 Å². The standard InChI is InChI=1S/C11H20N2O/c1-4-12-5-7-13(8-6-12)11(14)9-10(2)3/h9H,4-8H2,1-3H3. The highest BCUT2D eigenvalue weighted by Gasteiger charge is 2.18. The van der Waals surface area contributed by atoms with E-state index in [-0.39, 0.29) is 5.91 Å². The molecule has 0 aromatic heterocycles. The molecule has 1 rings (SSSR count). The third-order valence-corrected chi connectivity index (χ3v) is 2.54. The zero-order valence-corrected chi connectivity index (χ0v) is 9.42. The summed E-state index contributed by atoms with van der Waals surface area (Å²) in [7, 11) is 0. The van der Waals surface area contributed by atoms with Gasteiger partial charge in [0.05, 0.1) is 0 Å². The maximum absolute atomic E-state index is 11.6. The summed E-state index contributed by atoms with van der Waals surface area (Å²) in [6.45, 7) is 10.9. The quantitative estimate of drug-likeness (QED) is 0.618. The first-order valence-corrected chi connectivity index (χ1v) is 5.29. The number of allylic oxidation sites excluding steroid dienone is 1. The molecule has 0 unspecified atom stereocenters. The summed E-state index contributed by atoms with van der Waals surface area (Å²) < 4.78 is 0. The third-order valence-electron chi connectivity index (χ3n) is 2.54. The van der Waals surface area contributed by atoms with Crippen LogP contribution in [-0.2, 0) is 4.79 Å². The van der Waals surface area contributed by atoms with Crippen molar-refractivity contribution in [1.29, 1.82) is 0 Å². The topological polar surface area (TPSA) is 23.6 Å². The molecule has 14 heavy (non-hydrogen) atoms. The fraction of sp³-hybridized carbons (Fsp3) is 0.727. The summed E-state index contributed by atoms with van der Waals surface area (Å²) in [5.74, 6) is 0.167. The van der Waals surface area contributed by atoms with Crippen molar-refractivity contribution in [2.45, 2.75) is 20.8 Å². The van der Waals surface area contributed by atoms with Gasteiger partial charge in [-0.1, -0.05) is 12.5 Å². The minimum Gasteiger partial charge on any atom is -0.337 e. The average Bonchev–Trinajstić information content (AvgIpc) is 2.17. The molecular formula is C11H20N2O. The van der Waals surface area contributed by atoms with Crippen LogP contribution in [0.2, 0.25) is 0 Å². The Kier molecular flexibility index (Phi) is 4.14. The zero-order valence-electron chi connectivity index (χ0n) is 9.42. The highest BCUT2D eigenvalue weighted by Crippen LogP contribution is 2.03. The van der Waals surface area contributed by atoms with E-state index in [1.54, 1.807) is 6.08 Å². The lowest BCUT2D eigenvalue weighted by Crippen LogP contribution is -2.48. The van der Waals surface area contributed by atoms with E-state index in [1.165, 1.54) is 0 Å². The summed E-state index contributed by atoms with van der Waals surface area (Å²) in [4.78, 5) is 15.9. The van der Waals surface area contributed by atoms with Gasteiger partial charge in [0.1, 0.15) is 0 Å². The number of piperazine rings is 1. The largest absolute Gasteiger partial charge is 0.337 e. The van der Waals surface area contributed by atoms with Crippen molar-refractivity contribution in [2.75, 3.05) is 32.7 Å². The van der Waals surface area contributed by atoms with Crippen LogP contribution in [0, 0.1) is 0 Å². The molecule has 1 aliphatic heterocycles. The van der Waals surface area contributed by atoms with Gasteiger partial charge in [-0.3, -0.25) is 4.79 Å². The SMILES string of the molecule is CCN1CCN(C(=O)C=C(C)C)CC1. The van der Waals surface area contributed by atoms with Crippen LogP contribution >= 0.6 is 0 Å². The molecule has 1 aliphatic rings. The van der Waals surface area contributed by atoms with Crippen LogP contribution in [0.4, 0.5) is 0 Å². The van der Waals surface area contributed by atoms with Crippen molar-refractivity contribution in [2.24, 2.45) is 0 Å². The van der Waals surface area contributed by atoms with Gasteiger partial charge in [-0.05, 0) is 20.4 Å². The third kappa shape index (κ3) is 3.14. The van der Waals surface area contributed by atoms with Crippen LogP contribution in [0.3, 0.4) is 0 Å². The van der Waals surface area contributed by atoms with Gasteiger partial charge in [-0.15, -0.1) is 0 Å². The molecule has 0 radical (unpaired) electrons. The fourth-order valence-corrected chi connectivity index (χ4v) is 1.62. The maximum Gasteiger partial charge on any atom is 0.246 e. The Bertz CT molecular complexity index is 223. The summed E-state index contributed by atoms with van der Waals surface area (Å²) in [5, 5.41) is 0. The normalized spacial score (nSPS) is 18.1. The zero-order chi connectivity index (χ0) is 10.6. The molecule has 0 aliphatic carbocycles. The number of amides is 1. The van der Waals surface area contributed by atoms with E-state index in [0.717, 1.165) is 38.3 Å². The first-order chi connectivity index (χ1) is 6.63. The Morgan fingerprint density at radius 1 is 1.21 bits per heavy atom. The monoisotopic (exact) mass is 196 g/mol. The molecule has 3 heteroatoms. The summed E-state index contributed by atoms with van der Waals surface area (Å²) in [6.07, 6.45) is 1.72. The van der Waals surface area contributed by atoms with Crippen molar-refractivity contribution in [3.05, 3.63) is 11.6 Å². The number of carbonyl (C=O) groups is 1. The molecule has 0 saturated carbocycles. The van der Waals surface area contributed by atoms with Crippen molar-refractivity contribution >= 4 is 5.91 Å². The summed E-state index contributed by atoms with van der Waals surface area (Å²) in [6, 6.07) is 0. The van der Waals surface area contributed by atoms with Crippen molar-refractivity contribution in [3.8, 4) is 0 Å². The molecule has 0 aromatic rings. The van der Waals surface area contributed by atoms with Gasteiger partial charge in [-0.25, -0.2) is 0 Å². The lowest BCUT2D eigenvalue weighted by molar-refractivity contribution is -0.127. The van der Waals surface area contributed by atoms with Crippen molar-refractivity contribution < 1.29 is 4.79 Å². The van der Waals surface area contributed by atoms with Gasteiger partial charge >= 0.3 is 0 Å². The first-order valence-electron chi connectivity index (χ1n) is 5.29. The average molecular weight is 196 g/mol. The molecule has 0 aromatic carbocycles. The van der Waals surface area contributed by atoms with E-state index in [0.29, 0.717) is 0 Å². The lowest BCUT2D eigenvalue weighted by atomic mass is 10.2. The van der Waals surface area contributed by atoms with Crippen LogP contribution in [0.5, 0.6) is 0 Å². The Labute approximate surface area is 86.4 Å². The van der Waals surface area contributed by atoms with Gasteiger partial charge < -0.3 is 9.80 Å². The van der Waals surface area contributed by atoms with E-state index in [1.807, 2.05) is 18.7 Å². The number of likely N-dealkylation sites (N-methyl/N-ethyl adjacent to an activating group) is 1. The molecule has 0 spiro atoms. The van der Waals surface area contributed by atoms with E-state index >= 15 is 0 Å². The van der Waals surface area contributed by atoms with Gasteiger partial charge in [0.25, 0.3) is 0 Å². The maximum atomic E-state index is 11.6. The van der Waals surface area contributed by atoms with E-state index in [9.17, 15) is 4.79 Å². The molecule has 3 nitrogen and oxygen atoms in total. The highest BCUT2D eigenvalue weighted by molar-refractivity contribution is 5.88. The number of rotatable bonds is 2. The van der Waals surface area contributed by atoms with Gasteiger partial charge in [0, 0.05) is 32.3 Å². The molecule has 0 N–H and O–H groups in total. The lowest BCUT2D eigenvalue weighted by Gasteiger charge is -2.33. The number of carbonyl (C=O) groups excluding carboxylic acids is 1. The fourth-order valence-electron chi connectivity index (χ4n) is 1.62. The van der Waals surface area contributed by atoms with E-state index < -0.39 is 0 Å². The molecule has 1 amide bonds. The number of nitrogens with zero attached hydrogens (tertiary/aromatic N) is 2. The van der Waals surface area contributed by atoms with Gasteiger partial charge in [0.2, 0.25) is 5.91 Å². The van der Waals surface area contributed by atoms with Crippen molar-refractivity contribution in [3.63, 3.8) is 0 Å². The molecule has 0 atom stereocenters. The van der Waals surface area contributed by atoms with Crippen LogP contribution < -0.4 is 0 Å². The molecule has 0 bridgehead atoms. The second-order valence-corrected chi connectivity index (χ2v) is 3.98. The Balaban J connectivity index is 2.42. The molecule has 1 heterocycles.